The Bertz CT molecular complexity index is 719. The molecular formula is C17H16ClNO4. The maximum atomic E-state index is 12.1. The largest absolute Gasteiger partial charge is 0.486 e. The summed E-state index contributed by atoms with van der Waals surface area (Å²) in [5.74, 6) is 0.935. The second kappa shape index (κ2) is 6.89. The van der Waals surface area contributed by atoms with Crippen molar-refractivity contribution in [2.45, 2.75) is 6.10 Å². The van der Waals surface area contributed by atoms with Crippen LogP contribution in [-0.4, -0.2) is 30.8 Å². The van der Waals surface area contributed by atoms with Crippen molar-refractivity contribution < 1.29 is 19.4 Å². The normalized spacial score (nSPS) is 14.2. The van der Waals surface area contributed by atoms with Gasteiger partial charge in [-0.25, -0.2) is 0 Å². The van der Waals surface area contributed by atoms with Crippen LogP contribution < -0.4 is 14.8 Å². The molecule has 0 aliphatic carbocycles. The smallest absolute Gasteiger partial charge is 0.252 e. The van der Waals surface area contributed by atoms with E-state index in [-0.39, 0.29) is 12.5 Å². The van der Waals surface area contributed by atoms with E-state index in [2.05, 4.69) is 5.32 Å². The van der Waals surface area contributed by atoms with Crippen LogP contribution in [0.3, 0.4) is 0 Å². The molecule has 1 heterocycles. The predicted octanol–water partition coefficient (Wildman–Crippen LogP) is 2.57. The molecule has 3 rings (SSSR count). The number of amides is 1. The lowest BCUT2D eigenvalue weighted by atomic mass is 10.1. The van der Waals surface area contributed by atoms with Crippen LogP contribution in [0.1, 0.15) is 22.0 Å². The molecule has 2 aromatic carbocycles. The Kier molecular flexibility index (Phi) is 4.69. The average molecular weight is 334 g/mol. The Hall–Kier alpha value is -2.24. The maximum Gasteiger partial charge on any atom is 0.252 e. The van der Waals surface area contributed by atoms with Gasteiger partial charge in [0.05, 0.1) is 16.7 Å². The number of aliphatic hydroxyl groups is 1. The summed E-state index contributed by atoms with van der Waals surface area (Å²) >= 11 is 5.98. The van der Waals surface area contributed by atoms with Gasteiger partial charge in [0.15, 0.2) is 11.5 Å². The number of fused-ring (bicyclic) bond motifs is 1. The first-order valence-corrected chi connectivity index (χ1v) is 7.63. The Morgan fingerprint density at radius 2 is 1.91 bits per heavy atom. The van der Waals surface area contributed by atoms with Gasteiger partial charge in [-0.15, -0.1) is 0 Å². The number of benzene rings is 2. The van der Waals surface area contributed by atoms with Crippen molar-refractivity contribution in [1.82, 2.24) is 5.32 Å². The number of halogens is 1. The number of carbonyl (C=O) groups is 1. The van der Waals surface area contributed by atoms with Gasteiger partial charge in [-0.05, 0) is 29.8 Å². The molecular weight excluding hydrogens is 318 g/mol. The Morgan fingerprint density at radius 1 is 1.17 bits per heavy atom. The molecule has 1 amide bonds. The van der Waals surface area contributed by atoms with E-state index in [1.807, 2.05) is 0 Å². The molecule has 0 aromatic heterocycles. The highest BCUT2D eigenvalue weighted by Gasteiger charge is 2.17. The van der Waals surface area contributed by atoms with E-state index in [4.69, 9.17) is 21.1 Å². The topological polar surface area (TPSA) is 67.8 Å². The Labute approximate surface area is 138 Å². The summed E-state index contributed by atoms with van der Waals surface area (Å²) in [4.78, 5) is 12.1. The first-order chi connectivity index (χ1) is 11.1. The SMILES string of the molecule is O=C(NC[C@@H](O)c1ccc2c(c1)OCCO2)c1ccccc1Cl. The van der Waals surface area contributed by atoms with Crippen molar-refractivity contribution >= 4 is 17.5 Å². The molecule has 1 aliphatic rings. The lowest BCUT2D eigenvalue weighted by molar-refractivity contribution is 0.0916. The Morgan fingerprint density at radius 3 is 2.70 bits per heavy atom. The van der Waals surface area contributed by atoms with Crippen molar-refractivity contribution in [3.63, 3.8) is 0 Å². The van der Waals surface area contributed by atoms with Gasteiger partial charge in [-0.3, -0.25) is 4.79 Å². The van der Waals surface area contributed by atoms with E-state index in [0.717, 1.165) is 0 Å². The van der Waals surface area contributed by atoms with Gasteiger partial charge in [0.2, 0.25) is 0 Å². The van der Waals surface area contributed by atoms with Crippen LogP contribution in [0, 0.1) is 0 Å². The molecule has 0 unspecified atom stereocenters. The standard InChI is InChI=1S/C17H16ClNO4/c18-13-4-2-1-3-12(13)17(21)19-10-14(20)11-5-6-15-16(9-11)23-8-7-22-15/h1-6,9,14,20H,7-8,10H2,(H,19,21)/t14-/m1/s1. The van der Waals surface area contributed by atoms with Crippen LogP contribution in [0.5, 0.6) is 11.5 Å². The number of carbonyl (C=O) groups excluding carboxylic acids is 1. The van der Waals surface area contributed by atoms with Crippen LogP contribution in [-0.2, 0) is 0 Å². The van der Waals surface area contributed by atoms with Crippen LogP contribution in [0.4, 0.5) is 0 Å². The molecule has 2 aromatic rings. The maximum absolute atomic E-state index is 12.1. The van der Waals surface area contributed by atoms with Crippen molar-refractivity contribution in [1.29, 1.82) is 0 Å². The molecule has 5 nitrogen and oxygen atoms in total. The lowest BCUT2D eigenvalue weighted by Gasteiger charge is -2.20. The van der Waals surface area contributed by atoms with Crippen LogP contribution >= 0.6 is 11.6 Å². The number of hydrogen-bond donors (Lipinski definition) is 2. The predicted molar refractivity (Wildman–Crippen MR) is 86.2 cm³/mol. The van der Waals surface area contributed by atoms with Crippen LogP contribution in [0.15, 0.2) is 42.5 Å². The zero-order chi connectivity index (χ0) is 16.2. The number of aliphatic hydroxyl groups excluding tert-OH is 1. The first-order valence-electron chi connectivity index (χ1n) is 7.25. The second-order valence-corrected chi connectivity index (χ2v) is 5.52. The highest BCUT2D eigenvalue weighted by atomic mass is 35.5. The van der Waals surface area contributed by atoms with E-state index < -0.39 is 6.10 Å². The van der Waals surface area contributed by atoms with E-state index in [1.165, 1.54) is 0 Å². The summed E-state index contributed by atoms with van der Waals surface area (Å²) in [6.45, 7) is 1.07. The minimum Gasteiger partial charge on any atom is -0.486 e. The zero-order valence-electron chi connectivity index (χ0n) is 12.3. The third kappa shape index (κ3) is 3.57. The quantitative estimate of drug-likeness (QED) is 0.902. The molecule has 0 saturated heterocycles. The van der Waals surface area contributed by atoms with Crippen LogP contribution in [0.25, 0.3) is 0 Å². The monoisotopic (exact) mass is 333 g/mol. The van der Waals surface area contributed by atoms with E-state index in [1.54, 1.807) is 42.5 Å². The van der Waals surface area contributed by atoms with E-state index >= 15 is 0 Å². The fourth-order valence-electron chi connectivity index (χ4n) is 2.32. The summed E-state index contributed by atoms with van der Waals surface area (Å²) in [6, 6.07) is 12.0. The molecule has 0 bridgehead atoms. The fourth-order valence-corrected chi connectivity index (χ4v) is 2.54. The van der Waals surface area contributed by atoms with Gasteiger partial charge < -0.3 is 19.9 Å². The van der Waals surface area contributed by atoms with Gasteiger partial charge in [-0.1, -0.05) is 29.8 Å². The third-order valence-corrected chi connectivity index (χ3v) is 3.86. The van der Waals surface area contributed by atoms with Gasteiger partial charge in [0.1, 0.15) is 13.2 Å². The molecule has 1 atom stereocenters. The average Bonchev–Trinajstić information content (AvgIpc) is 2.59. The van der Waals surface area contributed by atoms with Crippen molar-refractivity contribution in [2.75, 3.05) is 19.8 Å². The van der Waals surface area contributed by atoms with Gasteiger partial charge in [0, 0.05) is 6.54 Å². The molecule has 6 heteroatoms. The summed E-state index contributed by atoms with van der Waals surface area (Å²) in [6.07, 6.45) is -0.850. The van der Waals surface area contributed by atoms with Crippen LogP contribution in [0.2, 0.25) is 5.02 Å². The fraction of sp³-hybridized carbons (Fsp3) is 0.235. The van der Waals surface area contributed by atoms with Crippen molar-refractivity contribution in [3.05, 3.63) is 58.6 Å². The molecule has 120 valence electrons. The number of nitrogens with one attached hydrogen (secondary N) is 1. The highest BCUT2D eigenvalue weighted by Crippen LogP contribution is 2.32. The van der Waals surface area contributed by atoms with Gasteiger partial charge in [0.25, 0.3) is 5.91 Å². The van der Waals surface area contributed by atoms with Crippen molar-refractivity contribution in [3.8, 4) is 11.5 Å². The molecule has 2 N–H and O–H groups in total. The minimum atomic E-state index is -0.850. The molecule has 0 fully saturated rings. The second-order valence-electron chi connectivity index (χ2n) is 5.11. The van der Waals surface area contributed by atoms with Crippen molar-refractivity contribution in [2.24, 2.45) is 0 Å². The van der Waals surface area contributed by atoms with E-state index in [9.17, 15) is 9.90 Å². The number of rotatable bonds is 4. The summed E-state index contributed by atoms with van der Waals surface area (Å²) < 4.78 is 10.9. The third-order valence-electron chi connectivity index (χ3n) is 3.53. The summed E-state index contributed by atoms with van der Waals surface area (Å²) in [5, 5.41) is 13.3. The van der Waals surface area contributed by atoms with E-state index in [0.29, 0.717) is 40.9 Å². The molecule has 0 saturated carbocycles. The summed E-state index contributed by atoms with van der Waals surface area (Å²) in [7, 11) is 0. The molecule has 0 spiro atoms. The molecule has 1 aliphatic heterocycles. The minimum absolute atomic E-state index is 0.0731. The molecule has 0 radical (unpaired) electrons. The molecule has 23 heavy (non-hydrogen) atoms. The Balaban J connectivity index is 1.64. The van der Waals surface area contributed by atoms with Gasteiger partial charge in [-0.2, -0.15) is 0 Å². The number of hydrogen-bond acceptors (Lipinski definition) is 4. The lowest BCUT2D eigenvalue weighted by Crippen LogP contribution is -2.28. The first kappa shape index (κ1) is 15.6. The number of ether oxygens (including phenoxy) is 2. The zero-order valence-corrected chi connectivity index (χ0v) is 13.0. The van der Waals surface area contributed by atoms with Gasteiger partial charge >= 0.3 is 0 Å². The highest BCUT2D eigenvalue weighted by molar-refractivity contribution is 6.33. The summed E-state index contributed by atoms with van der Waals surface area (Å²) in [5.41, 5.74) is 1.03.